The van der Waals surface area contributed by atoms with Crippen LogP contribution in [0.25, 0.3) is 17.2 Å². The van der Waals surface area contributed by atoms with Crippen LogP contribution < -0.4 is 0 Å². The van der Waals surface area contributed by atoms with Gasteiger partial charge in [0.25, 0.3) is 0 Å². The van der Waals surface area contributed by atoms with Crippen molar-refractivity contribution in [1.82, 2.24) is 0 Å². The molecule has 0 aliphatic carbocycles. The van der Waals surface area contributed by atoms with E-state index in [0.717, 1.165) is 0 Å². The predicted octanol–water partition coefficient (Wildman–Crippen LogP) is 5.95. The van der Waals surface area contributed by atoms with Crippen LogP contribution in [0, 0.1) is 0 Å². The molecular formula is C19H22. The Balaban J connectivity index is 2.13. The third-order valence-electron chi connectivity index (χ3n) is 3.32. The third kappa shape index (κ3) is 4.10. The Labute approximate surface area is 116 Å². The first-order chi connectivity index (χ1) is 9.42. The van der Waals surface area contributed by atoms with E-state index in [1.165, 1.54) is 42.4 Å². The Bertz CT molecular complexity index is 509. The molecule has 0 radical (unpaired) electrons. The van der Waals surface area contributed by atoms with Crippen molar-refractivity contribution in [2.75, 3.05) is 0 Å². The van der Waals surface area contributed by atoms with Crippen LogP contribution in [0.5, 0.6) is 0 Å². The van der Waals surface area contributed by atoms with Gasteiger partial charge in [0.15, 0.2) is 0 Å². The molecule has 0 aliphatic rings. The lowest BCUT2D eigenvalue weighted by atomic mass is 9.99. The smallest absolute Gasteiger partial charge is 0.0112 e. The first-order valence-corrected chi connectivity index (χ1v) is 7.23. The largest absolute Gasteiger partial charge is 0.0839 e. The number of unbranched alkanes of at least 4 members (excludes halogenated alkanes) is 3. The maximum Gasteiger partial charge on any atom is -0.0112 e. The molecule has 0 unspecified atom stereocenters. The van der Waals surface area contributed by atoms with Crippen LogP contribution in [0.4, 0.5) is 0 Å². The molecule has 0 saturated carbocycles. The molecule has 0 heteroatoms. The van der Waals surface area contributed by atoms with E-state index in [1.54, 1.807) is 0 Å². The van der Waals surface area contributed by atoms with E-state index in [2.05, 4.69) is 73.7 Å². The SMILES string of the molecule is CCCCCC=Cc1ccccc1-c1ccccc1. The Morgan fingerprint density at radius 2 is 1.58 bits per heavy atom. The van der Waals surface area contributed by atoms with E-state index < -0.39 is 0 Å². The average Bonchev–Trinajstić information content (AvgIpc) is 2.48. The topological polar surface area (TPSA) is 0 Å². The fourth-order valence-electron chi connectivity index (χ4n) is 2.25. The van der Waals surface area contributed by atoms with E-state index >= 15 is 0 Å². The van der Waals surface area contributed by atoms with Crippen LogP contribution in [-0.2, 0) is 0 Å². The highest BCUT2D eigenvalue weighted by Gasteiger charge is 2.00. The van der Waals surface area contributed by atoms with Gasteiger partial charge in [0.1, 0.15) is 0 Å². The Morgan fingerprint density at radius 3 is 2.37 bits per heavy atom. The molecule has 0 saturated heterocycles. The molecule has 0 N–H and O–H groups in total. The van der Waals surface area contributed by atoms with Gasteiger partial charge in [-0.2, -0.15) is 0 Å². The molecular weight excluding hydrogens is 228 g/mol. The average molecular weight is 250 g/mol. The van der Waals surface area contributed by atoms with Gasteiger partial charge in [0, 0.05) is 0 Å². The lowest BCUT2D eigenvalue weighted by molar-refractivity contribution is 0.730. The van der Waals surface area contributed by atoms with Crippen molar-refractivity contribution in [3.63, 3.8) is 0 Å². The minimum atomic E-state index is 1.18. The molecule has 0 bridgehead atoms. The lowest BCUT2D eigenvalue weighted by Crippen LogP contribution is -1.82. The second-order valence-electron chi connectivity index (χ2n) is 4.85. The van der Waals surface area contributed by atoms with Crippen molar-refractivity contribution in [2.24, 2.45) is 0 Å². The Morgan fingerprint density at radius 1 is 0.842 bits per heavy atom. The molecule has 0 amide bonds. The second kappa shape index (κ2) is 7.58. The highest BCUT2D eigenvalue weighted by molar-refractivity contribution is 5.75. The molecule has 2 aromatic carbocycles. The van der Waals surface area contributed by atoms with Crippen LogP contribution >= 0.6 is 0 Å². The number of hydrogen-bond donors (Lipinski definition) is 0. The predicted molar refractivity (Wildman–Crippen MR) is 85.1 cm³/mol. The zero-order valence-corrected chi connectivity index (χ0v) is 11.7. The molecule has 0 aromatic heterocycles. The summed E-state index contributed by atoms with van der Waals surface area (Å²) >= 11 is 0. The molecule has 0 nitrogen and oxygen atoms in total. The van der Waals surface area contributed by atoms with E-state index in [4.69, 9.17) is 0 Å². The van der Waals surface area contributed by atoms with Crippen molar-refractivity contribution in [2.45, 2.75) is 32.6 Å². The molecule has 0 atom stereocenters. The van der Waals surface area contributed by atoms with E-state index in [-0.39, 0.29) is 0 Å². The van der Waals surface area contributed by atoms with Crippen molar-refractivity contribution < 1.29 is 0 Å². The third-order valence-corrected chi connectivity index (χ3v) is 3.32. The van der Waals surface area contributed by atoms with Gasteiger partial charge in [0.2, 0.25) is 0 Å². The highest BCUT2D eigenvalue weighted by Crippen LogP contribution is 2.24. The molecule has 2 aromatic rings. The zero-order chi connectivity index (χ0) is 13.3. The van der Waals surface area contributed by atoms with Crippen LogP contribution in [0.15, 0.2) is 60.7 Å². The zero-order valence-electron chi connectivity index (χ0n) is 11.7. The van der Waals surface area contributed by atoms with Gasteiger partial charge in [-0.3, -0.25) is 0 Å². The van der Waals surface area contributed by atoms with Gasteiger partial charge >= 0.3 is 0 Å². The molecule has 0 spiro atoms. The van der Waals surface area contributed by atoms with E-state index in [0.29, 0.717) is 0 Å². The summed E-state index contributed by atoms with van der Waals surface area (Å²) in [5.41, 5.74) is 3.91. The molecule has 98 valence electrons. The monoisotopic (exact) mass is 250 g/mol. The van der Waals surface area contributed by atoms with Gasteiger partial charge in [-0.1, -0.05) is 86.5 Å². The molecule has 0 aliphatic heterocycles. The van der Waals surface area contributed by atoms with E-state index in [1.807, 2.05) is 0 Å². The number of benzene rings is 2. The fourth-order valence-corrected chi connectivity index (χ4v) is 2.25. The van der Waals surface area contributed by atoms with Crippen molar-refractivity contribution in [3.05, 3.63) is 66.2 Å². The molecule has 0 fully saturated rings. The summed E-state index contributed by atoms with van der Waals surface area (Å²) in [5, 5.41) is 0. The number of allylic oxidation sites excluding steroid dienone is 1. The minimum Gasteiger partial charge on any atom is -0.0839 e. The highest BCUT2D eigenvalue weighted by atomic mass is 14.0. The van der Waals surface area contributed by atoms with Gasteiger partial charge in [0.05, 0.1) is 0 Å². The van der Waals surface area contributed by atoms with Gasteiger partial charge < -0.3 is 0 Å². The van der Waals surface area contributed by atoms with Crippen molar-refractivity contribution >= 4 is 6.08 Å². The van der Waals surface area contributed by atoms with Gasteiger partial charge in [-0.25, -0.2) is 0 Å². The first kappa shape index (κ1) is 13.6. The normalized spacial score (nSPS) is 11.0. The van der Waals surface area contributed by atoms with Crippen molar-refractivity contribution in [1.29, 1.82) is 0 Å². The second-order valence-corrected chi connectivity index (χ2v) is 4.85. The standard InChI is InChI=1S/C19H22/c1-2-3-4-5-7-12-18-15-10-11-16-19(18)17-13-8-6-9-14-17/h6-16H,2-5H2,1H3. The van der Waals surface area contributed by atoms with Crippen LogP contribution in [0.2, 0.25) is 0 Å². The summed E-state index contributed by atoms with van der Waals surface area (Å²) < 4.78 is 0. The van der Waals surface area contributed by atoms with Crippen LogP contribution in [-0.4, -0.2) is 0 Å². The number of hydrogen-bond acceptors (Lipinski definition) is 0. The molecule has 0 heterocycles. The maximum absolute atomic E-state index is 2.30. The van der Waals surface area contributed by atoms with Gasteiger partial charge in [-0.15, -0.1) is 0 Å². The minimum absolute atomic E-state index is 1.18. The molecule has 19 heavy (non-hydrogen) atoms. The summed E-state index contributed by atoms with van der Waals surface area (Å²) in [6, 6.07) is 19.2. The van der Waals surface area contributed by atoms with E-state index in [9.17, 15) is 0 Å². The molecule has 2 rings (SSSR count). The summed E-state index contributed by atoms with van der Waals surface area (Å²) in [7, 11) is 0. The van der Waals surface area contributed by atoms with Crippen molar-refractivity contribution in [3.8, 4) is 11.1 Å². The fraction of sp³-hybridized carbons (Fsp3) is 0.263. The van der Waals surface area contributed by atoms with Crippen LogP contribution in [0.3, 0.4) is 0 Å². The number of rotatable bonds is 6. The summed E-state index contributed by atoms with van der Waals surface area (Å²) in [6.45, 7) is 2.24. The summed E-state index contributed by atoms with van der Waals surface area (Å²) in [4.78, 5) is 0. The Hall–Kier alpha value is -1.82. The van der Waals surface area contributed by atoms with Gasteiger partial charge in [-0.05, 0) is 29.5 Å². The quantitative estimate of drug-likeness (QED) is 0.556. The lowest BCUT2D eigenvalue weighted by Gasteiger charge is -2.06. The Kier molecular flexibility index (Phi) is 5.43. The maximum atomic E-state index is 2.30. The summed E-state index contributed by atoms with van der Waals surface area (Å²) in [6.07, 6.45) is 9.64. The summed E-state index contributed by atoms with van der Waals surface area (Å²) in [5.74, 6) is 0. The first-order valence-electron chi connectivity index (χ1n) is 7.23. The van der Waals surface area contributed by atoms with Crippen LogP contribution in [0.1, 0.15) is 38.2 Å².